The standard InChI is InChI=1S/C36H40N2O6S/c1-36(2,3)27-14-17-28(18-15-27)44-29-16-13-26-20-32(37-31(30(26)21-29)19-24-9-7-8-10-24)34(39)38-33(35(40)41)23-45(42,43)22-25-11-5-4-6-12-25/h4-6,11-18,20-21,24,33H,7-10,19,22-23H2,1-3H3,(H,38,39)(H,40,41)/t33-/m1/s1. The molecule has 236 valence electrons. The Labute approximate surface area is 264 Å². The fraction of sp³-hybridized carbons (Fsp3) is 0.361. The normalized spacial score (nSPS) is 14.7. The van der Waals surface area contributed by atoms with E-state index in [0.29, 0.717) is 29.4 Å². The van der Waals surface area contributed by atoms with Crippen molar-refractivity contribution in [3.63, 3.8) is 0 Å². The fourth-order valence-corrected chi connectivity index (χ4v) is 7.38. The van der Waals surface area contributed by atoms with Crippen molar-refractivity contribution < 1.29 is 27.9 Å². The molecule has 5 rings (SSSR count). The molecule has 4 aromatic rings. The van der Waals surface area contributed by atoms with E-state index in [1.807, 2.05) is 30.3 Å². The van der Waals surface area contributed by atoms with Crippen LogP contribution in [-0.4, -0.2) is 42.2 Å². The van der Waals surface area contributed by atoms with E-state index < -0.39 is 33.5 Å². The van der Waals surface area contributed by atoms with Crippen LogP contribution in [0.25, 0.3) is 10.8 Å². The predicted molar refractivity (Wildman–Crippen MR) is 175 cm³/mol. The SMILES string of the molecule is CC(C)(C)c1ccc(Oc2ccc3cc(C(=O)N[C@H](CS(=O)(=O)Cc4ccccc4)C(=O)O)nc(CC4CCCC4)c3c2)cc1. The molecule has 0 saturated heterocycles. The van der Waals surface area contributed by atoms with Crippen LogP contribution in [0.15, 0.2) is 78.9 Å². The zero-order valence-electron chi connectivity index (χ0n) is 26.0. The van der Waals surface area contributed by atoms with Crippen molar-refractivity contribution in [2.75, 3.05) is 5.75 Å². The lowest BCUT2D eigenvalue weighted by Crippen LogP contribution is -2.45. The molecule has 0 spiro atoms. The van der Waals surface area contributed by atoms with E-state index >= 15 is 0 Å². The minimum absolute atomic E-state index is 0.0349. The number of rotatable bonds is 11. The number of aromatic nitrogens is 1. The lowest BCUT2D eigenvalue weighted by Gasteiger charge is -2.19. The molecule has 1 saturated carbocycles. The molecule has 1 heterocycles. The van der Waals surface area contributed by atoms with Gasteiger partial charge in [-0.2, -0.15) is 0 Å². The van der Waals surface area contributed by atoms with Gasteiger partial charge >= 0.3 is 5.97 Å². The van der Waals surface area contributed by atoms with Crippen molar-refractivity contribution in [3.8, 4) is 11.5 Å². The largest absolute Gasteiger partial charge is 0.480 e. The van der Waals surface area contributed by atoms with E-state index in [9.17, 15) is 23.1 Å². The van der Waals surface area contributed by atoms with Crippen LogP contribution < -0.4 is 10.1 Å². The quantitative estimate of drug-likeness (QED) is 0.186. The number of nitrogens with zero attached hydrogens (tertiary/aromatic N) is 1. The molecule has 45 heavy (non-hydrogen) atoms. The maximum absolute atomic E-state index is 13.4. The Morgan fingerprint density at radius 1 is 0.956 bits per heavy atom. The van der Waals surface area contributed by atoms with Gasteiger partial charge in [-0.05, 0) is 64.6 Å². The summed E-state index contributed by atoms with van der Waals surface area (Å²) in [4.78, 5) is 30.2. The number of aliphatic carboxylic acids is 1. The molecule has 1 aliphatic carbocycles. The maximum atomic E-state index is 13.4. The monoisotopic (exact) mass is 628 g/mol. The van der Waals surface area contributed by atoms with E-state index in [1.165, 1.54) is 5.56 Å². The van der Waals surface area contributed by atoms with Crippen LogP contribution in [0.1, 0.15) is 73.8 Å². The number of carboxylic acid groups (broad SMARTS) is 1. The number of carbonyl (C=O) groups excluding carboxylic acids is 1. The molecule has 1 aliphatic rings. The average Bonchev–Trinajstić information content (AvgIpc) is 3.50. The topological polar surface area (TPSA) is 123 Å². The highest BCUT2D eigenvalue weighted by Crippen LogP contribution is 2.33. The van der Waals surface area contributed by atoms with Gasteiger partial charge in [0, 0.05) is 11.1 Å². The summed E-state index contributed by atoms with van der Waals surface area (Å²) in [6, 6.07) is 22.2. The molecule has 0 bridgehead atoms. The Hall–Kier alpha value is -4.24. The van der Waals surface area contributed by atoms with E-state index in [1.54, 1.807) is 36.4 Å². The number of amides is 1. The Kier molecular flexibility index (Phi) is 9.58. The van der Waals surface area contributed by atoms with Crippen molar-refractivity contribution in [1.29, 1.82) is 0 Å². The Balaban J connectivity index is 1.39. The lowest BCUT2D eigenvalue weighted by atomic mass is 9.87. The number of carboxylic acids is 1. The van der Waals surface area contributed by atoms with Crippen LogP contribution in [-0.2, 0) is 32.2 Å². The van der Waals surface area contributed by atoms with Crippen molar-refractivity contribution in [1.82, 2.24) is 10.3 Å². The molecule has 0 aliphatic heterocycles. The summed E-state index contributed by atoms with van der Waals surface area (Å²) in [5.41, 5.74) is 2.58. The number of benzene rings is 3. The second kappa shape index (κ2) is 13.4. The van der Waals surface area contributed by atoms with Gasteiger partial charge in [0.2, 0.25) is 0 Å². The summed E-state index contributed by atoms with van der Waals surface area (Å²) in [5.74, 6) is -1.42. The summed E-state index contributed by atoms with van der Waals surface area (Å²) >= 11 is 0. The average molecular weight is 629 g/mol. The van der Waals surface area contributed by atoms with Crippen molar-refractivity contribution >= 4 is 32.5 Å². The number of fused-ring (bicyclic) bond motifs is 1. The molecule has 2 N–H and O–H groups in total. The summed E-state index contributed by atoms with van der Waals surface area (Å²) in [6.07, 6.45) is 5.14. The fourth-order valence-electron chi connectivity index (χ4n) is 5.83. The molecule has 8 nitrogen and oxygen atoms in total. The van der Waals surface area contributed by atoms with Crippen LogP contribution in [0, 0.1) is 5.92 Å². The second-order valence-electron chi connectivity index (χ2n) is 13.0. The van der Waals surface area contributed by atoms with Gasteiger partial charge in [-0.25, -0.2) is 18.2 Å². The Morgan fingerprint density at radius 3 is 2.27 bits per heavy atom. The van der Waals surface area contributed by atoms with E-state index in [0.717, 1.165) is 42.1 Å². The third-order valence-electron chi connectivity index (χ3n) is 8.28. The maximum Gasteiger partial charge on any atom is 0.327 e. The number of hydrogen-bond donors (Lipinski definition) is 2. The highest BCUT2D eigenvalue weighted by atomic mass is 32.2. The minimum atomic E-state index is -3.84. The van der Waals surface area contributed by atoms with E-state index in [2.05, 4.69) is 38.2 Å². The summed E-state index contributed by atoms with van der Waals surface area (Å²) in [5, 5.41) is 13.9. The number of sulfone groups is 1. The van der Waals surface area contributed by atoms with Gasteiger partial charge in [0.1, 0.15) is 23.2 Å². The first-order chi connectivity index (χ1) is 21.4. The Bertz CT molecular complexity index is 1770. The van der Waals surface area contributed by atoms with Crippen molar-refractivity contribution in [2.24, 2.45) is 5.92 Å². The van der Waals surface area contributed by atoms with Gasteiger partial charge in [-0.3, -0.25) is 4.79 Å². The smallest absolute Gasteiger partial charge is 0.327 e. The van der Waals surface area contributed by atoms with E-state index in [-0.39, 0.29) is 16.9 Å². The first-order valence-electron chi connectivity index (χ1n) is 15.4. The Morgan fingerprint density at radius 2 is 1.62 bits per heavy atom. The molecular formula is C36H40N2O6S. The van der Waals surface area contributed by atoms with Gasteiger partial charge in [0.05, 0.1) is 11.5 Å². The third kappa shape index (κ3) is 8.48. The molecule has 1 atom stereocenters. The molecule has 1 fully saturated rings. The molecule has 3 aromatic carbocycles. The predicted octanol–water partition coefficient (Wildman–Crippen LogP) is 6.86. The molecule has 0 unspecified atom stereocenters. The first-order valence-corrected chi connectivity index (χ1v) is 17.2. The zero-order chi connectivity index (χ0) is 32.2. The number of pyridine rings is 1. The minimum Gasteiger partial charge on any atom is -0.480 e. The number of ether oxygens (including phenoxy) is 1. The van der Waals surface area contributed by atoms with Crippen molar-refractivity contribution in [2.45, 2.75) is 70.1 Å². The molecule has 0 radical (unpaired) electrons. The number of hydrogen-bond acceptors (Lipinski definition) is 6. The zero-order valence-corrected chi connectivity index (χ0v) is 26.8. The number of nitrogens with one attached hydrogen (secondary N) is 1. The van der Waals surface area contributed by atoms with Gasteiger partial charge in [-0.1, -0.05) is 95.0 Å². The van der Waals surface area contributed by atoms with Gasteiger partial charge < -0.3 is 15.2 Å². The van der Waals surface area contributed by atoms with E-state index in [4.69, 9.17) is 9.72 Å². The lowest BCUT2D eigenvalue weighted by molar-refractivity contribution is -0.138. The summed E-state index contributed by atoms with van der Waals surface area (Å²) < 4.78 is 31.9. The van der Waals surface area contributed by atoms with Gasteiger partial charge in [0.15, 0.2) is 9.84 Å². The van der Waals surface area contributed by atoms with Crippen LogP contribution >= 0.6 is 0 Å². The highest BCUT2D eigenvalue weighted by molar-refractivity contribution is 7.90. The summed E-state index contributed by atoms with van der Waals surface area (Å²) in [6.45, 7) is 6.49. The molecule has 1 amide bonds. The second-order valence-corrected chi connectivity index (χ2v) is 15.1. The van der Waals surface area contributed by atoms with Crippen LogP contribution in [0.4, 0.5) is 0 Å². The van der Waals surface area contributed by atoms with Gasteiger partial charge in [-0.15, -0.1) is 0 Å². The first kappa shape index (κ1) is 32.2. The molecular weight excluding hydrogens is 588 g/mol. The van der Waals surface area contributed by atoms with Crippen molar-refractivity contribution in [3.05, 3.63) is 101 Å². The highest BCUT2D eigenvalue weighted by Gasteiger charge is 2.29. The molecule has 1 aromatic heterocycles. The van der Waals surface area contributed by atoms with Crippen LogP contribution in [0.3, 0.4) is 0 Å². The third-order valence-corrected chi connectivity index (χ3v) is 9.90. The summed E-state index contributed by atoms with van der Waals surface area (Å²) in [7, 11) is -3.84. The number of carbonyl (C=O) groups is 2. The van der Waals surface area contributed by atoms with Crippen LogP contribution in [0.5, 0.6) is 11.5 Å². The van der Waals surface area contributed by atoms with Crippen LogP contribution in [0.2, 0.25) is 0 Å². The van der Waals surface area contributed by atoms with Gasteiger partial charge in [0.25, 0.3) is 5.91 Å². The molecule has 9 heteroatoms.